The summed E-state index contributed by atoms with van der Waals surface area (Å²) in [4.78, 5) is 13.4. The summed E-state index contributed by atoms with van der Waals surface area (Å²) in [5, 5.41) is 9.95. The van der Waals surface area contributed by atoms with Gasteiger partial charge in [-0.05, 0) is 44.0 Å². The maximum atomic E-state index is 5.57. The van der Waals surface area contributed by atoms with Crippen LogP contribution in [0.15, 0.2) is 70.4 Å². The lowest BCUT2D eigenvalue weighted by Gasteiger charge is -2.11. The molecule has 0 spiro atoms. The van der Waals surface area contributed by atoms with Crippen molar-refractivity contribution in [2.45, 2.75) is 26.3 Å². The number of guanidine groups is 1. The number of hydrogen-bond donors (Lipinski definition) is 3. The summed E-state index contributed by atoms with van der Waals surface area (Å²) in [7, 11) is 0. The Morgan fingerprint density at radius 1 is 1.00 bits per heavy atom. The second-order valence-electron chi connectivity index (χ2n) is 6.48. The van der Waals surface area contributed by atoms with Crippen LogP contribution in [0, 0.1) is 0 Å². The molecule has 0 aliphatic heterocycles. The highest BCUT2D eigenvalue weighted by molar-refractivity contribution is 14.0. The Morgan fingerprint density at radius 3 is 2.57 bits per heavy atom. The Hall–Kier alpha value is -2.62. The van der Waals surface area contributed by atoms with Crippen molar-refractivity contribution >= 4 is 35.8 Å². The maximum Gasteiger partial charge on any atom is 0.226 e. The first-order chi connectivity index (χ1) is 14.3. The lowest BCUT2D eigenvalue weighted by atomic mass is 10.2. The second kappa shape index (κ2) is 13.6. The minimum Gasteiger partial charge on any atom is -0.444 e. The maximum absolute atomic E-state index is 5.57. The fourth-order valence-electron chi connectivity index (χ4n) is 2.74. The van der Waals surface area contributed by atoms with E-state index < -0.39 is 0 Å². The van der Waals surface area contributed by atoms with E-state index in [2.05, 4.69) is 37.8 Å². The molecule has 0 atom stereocenters. The largest absolute Gasteiger partial charge is 0.444 e. The standard InChI is InChI=1S/C22H28N6O.HI/c1-2-23-22(26-15-9-8-14-25-20-12-6-7-13-24-20)27-16-19-17-29-21(28-19)18-10-4-3-5-11-18;/h3-7,10-13,17H,2,8-9,14-16H2,1H3,(H,24,25)(H2,23,26,27);1H. The summed E-state index contributed by atoms with van der Waals surface area (Å²) in [6, 6.07) is 15.7. The summed E-state index contributed by atoms with van der Waals surface area (Å²) in [6.07, 6.45) is 5.54. The van der Waals surface area contributed by atoms with Crippen molar-refractivity contribution in [3.63, 3.8) is 0 Å². The minimum atomic E-state index is 0. The van der Waals surface area contributed by atoms with E-state index in [4.69, 9.17) is 4.42 Å². The Balaban J connectivity index is 0.00000320. The molecule has 0 saturated heterocycles. The highest BCUT2D eigenvalue weighted by atomic mass is 127. The van der Waals surface area contributed by atoms with E-state index in [1.807, 2.05) is 48.5 Å². The first kappa shape index (κ1) is 23.7. The van der Waals surface area contributed by atoms with Gasteiger partial charge in [-0.3, -0.25) is 0 Å². The number of unbranched alkanes of at least 4 members (excludes halogenated alkanes) is 1. The van der Waals surface area contributed by atoms with E-state index in [-0.39, 0.29) is 24.0 Å². The normalized spacial score (nSPS) is 10.9. The zero-order valence-electron chi connectivity index (χ0n) is 17.2. The number of nitrogens with one attached hydrogen (secondary N) is 3. The molecule has 0 fully saturated rings. The fourth-order valence-corrected chi connectivity index (χ4v) is 2.74. The van der Waals surface area contributed by atoms with Crippen molar-refractivity contribution in [1.82, 2.24) is 20.6 Å². The minimum absolute atomic E-state index is 0. The lowest BCUT2D eigenvalue weighted by Crippen LogP contribution is -2.37. The van der Waals surface area contributed by atoms with E-state index in [1.54, 1.807) is 12.5 Å². The molecule has 2 heterocycles. The van der Waals surface area contributed by atoms with Gasteiger partial charge in [-0.25, -0.2) is 15.0 Å². The van der Waals surface area contributed by atoms with Gasteiger partial charge < -0.3 is 20.4 Å². The van der Waals surface area contributed by atoms with Gasteiger partial charge >= 0.3 is 0 Å². The van der Waals surface area contributed by atoms with Gasteiger partial charge in [-0.1, -0.05) is 24.3 Å². The average molecular weight is 520 g/mol. The van der Waals surface area contributed by atoms with Gasteiger partial charge in [0.05, 0.1) is 6.54 Å². The zero-order chi connectivity index (χ0) is 20.2. The second-order valence-corrected chi connectivity index (χ2v) is 6.48. The molecule has 7 nitrogen and oxygen atoms in total. The summed E-state index contributed by atoms with van der Waals surface area (Å²) >= 11 is 0. The molecule has 0 bridgehead atoms. The van der Waals surface area contributed by atoms with Crippen molar-refractivity contribution in [2.24, 2.45) is 4.99 Å². The third-order valence-electron chi connectivity index (χ3n) is 4.18. The Morgan fingerprint density at radius 2 is 1.80 bits per heavy atom. The van der Waals surface area contributed by atoms with E-state index >= 15 is 0 Å². The van der Waals surface area contributed by atoms with Crippen molar-refractivity contribution in [3.8, 4) is 11.5 Å². The van der Waals surface area contributed by atoms with Crippen LogP contribution < -0.4 is 16.0 Å². The van der Waals surface area contributed by atoms with Crippen molar-refractivity contribution in [1.29, 1.82) is 0 Å². The van der Waals surface area contributed by atoms with E-state index in [1.165, 1.54) is 0 Å². The Labute approximate surface area is 194 Å². The van der Waals surface area contributed by atoms with Gasteiger partial charge in [-0.15, -0.1) is 24.0 Å². The van der Waals surface area contributed by atoms with E-state index in [0.717, 1.165) is 55.5 Å². The molecular weight excluding hydrogens is 491 g/mol. The molecule has 3 N–H and O–H groups in total. The summed E-state index contributed by atoms with van der Waals surface area (Å²) < 4.78 is 5.57. The van der Waals surface area contributed by atoms with Gasteiger partial charge in [0.25, 0.3) is 0 Å². The van der Waals surface area contributed by atoms with Crippen LogP contribution in [0.5, 0.6) is 0 Å². The first-order valence-electron chi connectivity index (χ1n) is 10.0. The van der Waals surface area contributed by atoms with Gasteiger partial charge in [0.1, 0.15) is 17.8 Å². The van der Waals surface area contributed by atoms with Crippen molar-refractivity contribution in [2.75, 3.05) is 25.0 Å². The van der Waals surface area contributed by atoms with Gasteiger partial charge in [-0.2, -0.15) is 0 Å². The molecule has 160 valence electrons. The smallest absolute Gasteiger partial charge is 0.226 e. The van der Waals surface area contributed by atoms with Crippen LogP contribution in [0.1, 0.15) is 25.5 Å². The van der Waals surface area contributed by atoms with Crippen LogP contribution in [0.25, 0.3) is 11.5 Å². The number of aliphatic imine (C=N–C) groups is 1. The molecule has 3 aromatic rings. The molecule has 0 aliphatic carbocycles. The molecular formula is C22H29IN6O. The number of rotatable bonds is 10. The SMILES string of the molecule is CCNC(=NCc1coc(-c2ccccc2)n1)NCCCCNc1ccccn1.I. The molecule has 0 aliphatic rings. The van der Waals surface area contributed by atoms with Gasteiger partial charge in [0, 0.05) is 31.4 Å². The lowest BCUT2D eigenvalue weighted by molar-refractivity contribution is 0.572. The number of oxazole rings is 1. The number of pyridine rings is 1. The van der Waals surface area contributed by atoms with Crippen LogP contribution in [-0.4, -0.2) is 35.6 Å². The molecule has 0 saturated carbocycles. The van der Waals surface area contributed by atoms with Crippen molar-refractivity contribution in [3.05, 3.63) is 66.7 Å². The number of benzene rings is 1. The topological polar surface area (TPSA) is 87.4 Å². The predicted molar refractivity (Wildman–Crippen MR) is 132 cm³/mol. The number of halogens is 1. The molecule has 0 amide bonds. The molecule has 1 aromatic carbocycles. The highest BCUT2D eigenvalue weighted by Gasteiger charge is 2.06. The number of nitrogens with zero attached hydrogens (tertiary/aromatic N) is 3. The third-order valence-corrected chi connectivity index (χ3v) is 4.18. The fraction of sp³-hybridized carbons (Fsp3) is 0.318. The predicted octanol–water partition coefficient (Wildman–Crippen LogP) is 4.30. The third kappa shape index (κ3) is 8.02. The van der Waals surface area contributed by atoms with Gasteiger partial charge in [0.2, 0.25) is 5.89 Å². The quantitative estimate of drug-likeness (QED) is 0.160. The van der Waals surface area contributed by atoms with Crippen LogP contribution in [0.4, 0.5) is 5.82 Å². The number of aromatic nitrogens is 2. The van der Waals surface area contributed by atoms with Crippen molar-refractivity contribution < 1.29 is 4.42 Å². The Bertz CT molecular complexity index is 870. The summed E-state index contributed by atoms with van der Waals surface area (Å²) in [5.41, 5.74) is 1.77. The van der Waals surface area contributed by atoms with Crippen LogP contribution >= 0.6 is 24.0 Å². The van der Waals surface area contributed by atoms with Gasteiger partial charge in [0.15, 0.2) is 5.96 Å². The summed E-state index contributed by atoms with van der Waals surface area (Å²) in [5.74, 6) is 2.32. The van der Waals surface area contributed by atoms with Crippen LogP contribution in [-0.2, 0) is 6.54 Å². The Kier molecular flexibility index (Phi) is 10.7. The van der Waals surface area contributed by atoms with Crippen LogP contribution in [0.3, 0.4) is 0 Å². The first-order valence-corrected chi connectivity index (χ1v) is 10.0. The monoisotopic (exact) mass is 520 g/mol. The summed E-state index contributed by atoms with van der Waals surface area (Å²) in [6.45, 7) is 5.07. The molecule has 3 rings (SSSR count). The van der Waals surface area contributed by atoms with E-state index in [0.29, 0.717) is 12.4 Å². The molecule has 30 heavy (non-hydrogen) atoms. The molecule has 8 heteroatoms. The van der Waals surface area contributed by atoms with E-state index in [9.17, 15) is 0 Å². The zero-order valence-corrected chi connectivity index (χ0v) is 19.5. The number of anilines is 1. The molecule has 2 aromatic heterocycles. The van der Waals surface area contributed by atoms with Crippen LogP contribution in [0.2, 0.25) is 0 Å². The molecule has 0 unspecified atom stereocenters. The number of hydrogen-bond acceptors (Lipinski definition) is 5. The molecule has 0 radical (unpaired) electrons. The highest BCUT2D eigenvalue weighted by Crippen LogP contribution is 2.18. The average Bonchev–Trinajstić information content (AvgIpc) is 3.25.